The summed E-state index contributed by atoms with van der Waals surface area (Å²) in [7, 11) is 0. The third kappa shape index (κ3) is 3.82. The lowest BCUT2D eigenvalue weighted by Gasteiger charge is -2.33. The van der Waals surface area contributed by atoms with E-state index in [-0.39, 0.29) is 42.6 Å². The molecular weight excluding hydrogens is 320 g/mol. The Bertz CT molecular complexity index is 683. The van der Waals surface area contributed by atoms with Gasteiger partial charge >= 0.3 is 0 Å². The number of nitrogens with two attached hydrogens (primary N) is 1. The van der Waals surface area contributed by atoms with Crippen molar-refractivity contribution < 1.29 is 14.4 Å². The van der Waals surface area contributed by atoms with Crippen molar-refractivity contribution in [2.75, 3.05) is 29.9 Å². The zero-order valence-corrected chi connectivity index (χ0v) is 14.4. The summed E-state index contributed by atoms with van der Waals surface area (Å²) < 4.78 is 0. The van der Waals surface area contributed by atoms with E-state index in [0.29, 0.717) is 31.6 Å². The van der Waals surface area contributed by atoms with Crippen LogP contribution in [0.1, 0.15) is 26.2 Å². The Hall–Kier alpha value is -2.41. The highest BCUT2D eigenvalue weighted by atomic mass is 16.2. The number of amides is 3. The maximum absolute atomic E-state index is 13.0. The van der Waals surface area contributed by atoms with E-state index in [1.807, 2.05) is 31.2 Å². The van der Waals surface area contributed by atoms with Crippen LogP contribution in [0, 0.1) is 5.92 Å². The molecule has 1 aromatic rings. The van der Waals surface area contributed by atoms with Crippen LogP contribution >= 0.6 is 0 Å². The Balaban J connectivity index is 1.73. The molecule has 0 unspecified atom stereocenters. The second-order valence-electron chi connectivity index (χ2n) is 6.84. The number of benzene rings is 1. The number of para-hydroxylation sites is 2. The quantitative estimate of drug-likeness (QED) is 0.853. The number of nitrogens with one attached hydrogen (secondary N) is 1. The van der Waals surface area contributed by atoms with Crippen molar-refractivity contribution in [3.8, 4) is 0 Å². The van der Waals surface area contributed by atoms with Gasteiger partial charge in [0.15, 0.2) is 0 Å². The highest BCUT2D eigenvalue weighted by Crippen LogP contribution is 2.31. The lowest BCUT2D eigenvalue weighted by molar-refractivity contribution is -0.123. The number of hydrogen-bond acceptors (Lipinski definition) is 4. The topological polar surface area (TPSA) is 95.7 Å². The van der Waals surface area contributed by atoms with Gasteiger partial charge in [-0.15, -0.1) is 0 Å². The standard InChI is InChI=1S/C18H24N4O3/c1-12-10-16(23)20-14-4-2-3-5-15(14)22(12)17(24)11-21-8-6-13(7-9-21)18(19)25/h2-5,12-13H,6-11H2,1H3,(H2,19,25)(H,20,23)/t12-/m1/s1. The minimum atomic E-state index is -0.259. The highest BCUT2D eigenvalue weighted by molar-refractivity contribution is 6.04. The molecule has 3 N–H and O–H groups in total. The van der Waals surface area contributed by atoms with Gasteiger partial charge in [-0.2, -0.15) is 0 Å². The Morgan fingerprint density at radius 3 is 2.60 bits per heavy atom. The predicted molar refractivity (Wildman–Crippen MR) is 95.0 cm³/mol. The molecule has 1 atom stereocenters. The zero-order chi connectivity index (χ0) is 18.0. The number of primary amides is 1. The normalized spacial score (nSPS) is 22.0. The molecule has 7 heteroatoms. The number of piperidine rings is 1. The lowest BCUT2D eigenvalue weighted by Crippen LogP contribution is -2.47. The van der Waals surface area contributed by atoms with Crippen LogP contribution in [0.15, 0.2) is 24.3 Å². The number of carbonyl (C=O) groups excluding carboxylic acids is 3. The van der Waals surface area contributed by atoms with Gasteiger partial charge in [-0.3, -0.25) is 19.3 Å². The zero-order valence-electron chi connectivity index (χ0n) is 14.4. The van der Waals surface area contributed by atoms with Crippen molar-refractivity contribution in [2.24, 2.45) is 11.7 Å². The lowest BCUT2D eigenvalue weighted by atomic mass is 9.96. The Kier molecular flexibility index (Phi) is 5.03. The van der Waals surface area contributed by atoms with Crippen molar-refractivity contribution >= 4 is 29.1 Å². The number of nitrogens with zero attached hydrogens (tertiary/aromatic N) is 2. The largest absolute Gasteiger partial charge is 0.369 e. The third-order valence-electron chi connectivity index (χ3n) is 4.98. The van der Waals surface area contributed by atoms with Gasteiger partial charge in [0.25, 0.3) is 0 Å². The first kappa shape index (κ1) is 17.4. The summed E-state index contributed by atoms with van der Waals surface area (Å²) in [6.07, 6.45) is 1.65. The molecule has 1 saturated heterocycles. The summed E-state index contributed by atoms with van der Waals surface area (Å²) in [5.74, 6) is -0.469. The van der Waals surface area contributed by atoms with Gasteiger partial charge < -0.3 is 16.0 Å². The SMILES string of the molecule is C[C@@H]1CC(=O)Nc2ccccc2N1C(=O)CN1CCC(C(N)=O)CC1. The molecule has 0 spiro atoms. The summed E-state index contributed by atoms with van der Waals surface area (Å²) in [6.45, 7) is 3.53. The fourth-order valence-corrected chi connectivity index (χ4v) is 3.61. The summed E-state index contributed by atoms with van der Waals surface area (Å²) in [6, 6.07) is 7.16. The number of likely N-dealkylation sites (tertiary alicyclic amines) is 1. The molecule has 2 heterocycles. The van der Waals surface area contributed by atoms with Crippen LogP contribution in [0.5, 0.6) is 0 Å². The molecule has 0 aromatic heterocycles. The van der Waals surface area contributed by atoms with Gasteiger partial charge in [0, 0.05) is 18.4 Å². The van der Waals surface area contributed by atoms with Gasteiger partial charge in [0.05, 0.1) is 17.9 Å². The first-order chi connectivity index (χ1) is 12.0. The average Bonchev–Trinajstić information content (AvgIpc) is 2.69. The fraction of sp³-hybridized carbons (Fsp3) is 0.500. The summed E-state index contributed by atoms with van der Waals surface area (Å²) in [5, 5.41) is 2.86. The molecule has 1 fully saturated rings. The van der Waals surface area contributed by atoms with Crippen LogP contribution in [0.4, 0.5) is 11.4 Å². The molecule has 3 amide bonds. The molecule has 2 aliphatic rings. The Morgan fingerprint density at radius 1 is 1.24 bits per heavy atom. The van der Waals surface area contributed by atoms with Gasteiger partial charge in [0.1, 0.15) is 0 Å². The van der Waals surface area contributed by atoms with Gasteiger partial charge in [-0.05, 0) is 45.0 Å². The Morgan fingerprint density at radius 2 is 1.92 bits per heavy atom. The van der Waals surface area contributed by atoms with Crippen molar-refractivity contribution in [1.29, 1.82) is 0 Å². The van der Waals surface area contributed by atoms with E-state index >= 15 is 0 Å². The average molecular weight is 344 g/mol. The van der Waals surface area contributed by atoms with Gasteiger partial charge in [0.2, 0.25) is 17.7 Å². The Labute approximate surface area is 147 Å². The van der Waals surface area contributed by atoms with Crippen molar-refractivity contribution in [3.63, 3.8) is 0 Å². The van der Waals surface area contributed by atoms with Crippen molar-refractivity contribution in [1.82, 2.24) is 4.90 Å². The maximum Gasteiger partial charge on any atom is 0.241 e. The number of hydrogen-bond donors (Lipinski definition) is 2. The molecule has 1 aromatic carbocycles. The minimum absolute atomic E-state index is 0.0334. The van der Waals surface area contributed by atoms with Crippen LogP contribution in [0.2, 0.25) is 0 Å². The highest BCUT2D eigenvalue weighted by Gasteiger charge is 2.31. The number of fused-ring (bicyclic) bond motifs is 1. The third-order valence-corrected chi connectivity index (χ3v) is 4.98. The molecule has 25 heavy (non-hydrogen) atoms. The van der Waals surface area contributed by atoms with Crippen LogP contribution < -0.4 is 16.0 Å². The second-order valence-corrected chi connectivity index (χ2v) is 6.84. The minimum Gasteiger partial charge on any atom is -0.369 e. The smallest absolute Gasteiger partial charge is 0.241 e. The first-order valence-electron chi connectivity index (χ1n) is 8.68. The number of carbonyl (C=O) groups is 3. The molecule has 3 rings (SSSR count). The molecule has 134 valence electrons. The van der Waals surface area contributed by atoms with E-state index in [9.17, 15) is 14.4 Å². The fourth-order valence-electron chi connectivity index (χ4n) is 3.61. The second kappa shape index (κ2) is 7.23. The van der Waals surface area contributed by atoms with Crippen molar-refractivity contribution in [2.45, 2.75) is 32.2 Å². The van der Waals surface area contributed by atoms with Crippen LogP contribution in [-0.4, -0.2) is 48.3 Å². The molecule has 0 radical (unpaired) electrons. The van der Waals surface area contributed by atoms with E-state index in [0.717, 1.165) is 5.69 Å². The molecule has 0 saturated carbocycles. The summed E-state index contributed by atoms with van der Waals surface area (Å²) in [5.41, 5.74) is 6.76. The van der Waals surface area contributed by atoms with E-state index in [2.05, 4.69) is 10.2 Å². The first-order valence-corrected chi connectivity index (χ1v) is 8.68. The van der Waals surface area contributed by atoms with Gasteiger partial charge in [-0.1, -0.05) is 12.1 Å². The summed E-state index contributed by atoms with van der Waals surface area (Å²) >= 11 is 0. The maximum atomic E-state index is 13.0. The van der Waals surface area contributed by atoms with Gasteiger partial charge in [-0.25, -0.2) is 0 Å². The molecular formula is C18H24N4O3. The monoisotopic (exact) mass is 344 g/mol. The molecule has 2 aliphatic heterocycles. The van der Waals surface area contributed by atoms with E-state index in [1.165, 1.54) is 0 Å². The van der Waals surface area contributed by atoms with E-state index in [4.69, 9.17) is 5.73 Å². The van der Waals surface area contributed by atoms with Crippen LogP contribution in [0.25, 0.3) is 0 Å². The molecule has 0 bridgehead atoms. The molecule has 7 nitrogen and oxygen atoms in total. The molecule has 0 aliphatic carbocycles. The number of rotatable bonds is 3. The predicted octanol–water partition coefficient (Wildman–Crippen LogP) is 0.948. The summed E-state index contributed by atoms with van der Waals surface area (Å²) in [4.78, 5) is 40.0. The van der Waals surface area contributed by atoms with Crippen molar-refractivity contribution in [3.05, 3.63) is 24.3 Å². The van der Waals surface area contributed by atoms with Crippen LogP contribution in [-0.2, 0) is 14.4 Å². The number of anilines is 2. The van der Waals surface area contributed by atoms with Crippen LogP contribution in [0.3, 0.4) is 0 Å². The van der Waals surface area contributed by atoms with E-state index in [1.54, 1.807) is 4.90 Å². The van der Waals surface area contributed by atoms with E-state index < -0.39 is 0 Å².